The van der Waals surface area contributed by atoms with Crippen LogP contribution in [0.4, 0.5) is 33.6 Å². The van der Waals surface area contributed by atoms with E-state index in [2.05, 4.69) is 30.9 Å². The first-order chi connectivity index (χ1) is 21.7. The summed E-state index contributed by atoms with van der Waals surface area (Å²) in [5, 5.41) is 18.8. The van der Waals surface area contributed by atoms with Crippen LogP contribution in [0.15, 0.2) is 66.7 Å². The molecule has 0 saturated heterocycles. The van der Waals surface area contributed by atoms with Gasteiger partial charge in [0.15, 0.2) is 6.10 Å². The van der Waals surface area contributed by atoms with Crippen LogP contribution in [-0.2, 0) is 16.0 Å². The molecule has 13 heteroatoms. The quantitative estimate of drug-likeness (QED) is 0.133. The highest BCUT2D eigenvalue weighted by Crippen LogP contribution is 2.37. The molecule has 3 aromatic carbocycles. The average Bonchev–Trinajstić information content (AvgIpc) is 3.03. The van der Waals surface area contributed by atoms with Crippen molar-refractivity contribution in [1.29, 1.82) is 0 Å². The highest BCUT2D eigenvalue weighted by atomic mass is 35.5. The van der Waals surface area contributed by atoms with Crippen molar-refractivity contribution < 1.29 is 23.8 Å². The van der Waals surface area contributed by atoms with Crippen molar-refractivity contribution >= 4 is 52.7 Å². The fraction of sp³-hybridized carbons (Fsp3) is 0.281. The number of fused-ring (bicyclic) bond motifs is 1. The number of nitrogens with one attached hydrogen (secondary N) is 3. The topological polar surface area (TPSA) is 142 Å². The zero-order valence-electron chi connectivity index (χ0n) is 24.6. The molecule has 4 N–H and O–H groups in total. The summed E-state index contributed by atoms with van der Waals surface area (Å²) in [6.45, 7) is 2.85. The van der Waals surface area contributed by atoms with Crippen LogP contribution in [-0.4, -0.2) is 57.7 Å². The molecular formula is C32H33ClFN7O4. The minimum absolute atomic E-state index is 0.000735. The standard InChI is InChI=1S/C32H33ClFN7O4/c1-20-10-15-23(18-24(20)33)37-29(44)27-19-41(25-7-2-3-8-26(25)45-27)32-39-30(38-31(40-32)36-17-5-9-28(42)43)35-16-4-6-21-11-13-22(34)14-12-21/h2-3,7-8,10-15,18,27H,4-6,9,16-17,19H2,1H3,(H,37,44)(H,42,43)(H2,35,36,38,39,40). The molecule has 234 valence electrons. The highest BCUT2D eigenvalue weighted by molar-refractivity contribution is 6.31. The van der Waals surface area contributed by atoms with Crippen LogP contribution >= 0.6 is 11.6 Å². The summed E-state index contributed by atoms with van der Waals surface area (Å²) in [6.07, 6.45) is 0.933. The lowest BCUT2D eigenvalue weighted by Crippen LogP contribution is -2.45. The number of ether oxygens (including phenoxy) is 1. The molecule has 1 aliphatic heterocycles. The summed E-state index contributed by atoms with van der Waals surface area (Å²) in [5.74, 6) is -0.213. The van der Waals surface area contributed by atoms with E-state index in [0.717, 1.165) is 24.0 Å². The minimum atomic E-state index is -0.907. The third kappa shape index (κ3) is 8.57. The number of carbonyl (C=O) groups excluding carboxylic acids is 1. The average molecular weight is 634 g/mol. The van der Waals surface area contributed by atoms with Crippen molar-refractivity contribution in [2.75, 3.05) is 40.5 Å². The molecule has 1 atom stereocenters. The zero-order valence-corrected chi connectivity index (χ0v) is 25.4. The third-order valence-electron chi connectivity index (χ3n) is 7.06. The Labute approximate surface area is 264 Å². The Morgan fingerprint density at radius 3 is 2.42 bits per heavy atom. The third-order valence-corrected chi connectivity index (χ3v) is 7.47. The van der Waals surface area contributed by atoms with Crippen molar-refractivity contribution in [3.63, 3.8) is 0 Å². The number of aromatic nitrogens is 3. The predicted molar refractivity (Wildman–Crippen MR) is 171 cm³/mol. The number of halogens is 2. The number of rotatable bonds is 13. The molecule has 1 amide bonds. The number of aryl methyl sites for hydroxylation is 2. The molecular weight excluding hydrogens is 601 g/mol. The zero-order chi connectivity index (χ0) is 31.8. The molecule has 0 spiro atoms. The first-order valence-electron chi connectivity index (χ1n) is 14.6. The number of para-hydroxylation sites is 2. The van der Waals surface area contributed by atoms with Crippen molar-refractivity contribution in [2.24, 2.45) is 0 Å². The van der Waals surface area contributed by atoms with Crippen molar-refractivity contribution in [3.05, 3.63) is 88.7 Å². The Morgan fingerprint density at radius 1 is 1.00 bits per heavy atom. The van der Waals surface area contributed by atoms with Gasteiger partial charge >= 0.3 is 5.97 Å². The Kier molecular flexibility index (Phi) is 10.3. The van der Waals surface area contributed by atoms with Crippen LogP contribution in [0.2, 0.25) is 5.02 Å². The van der Waals surface area contributed by atoms with Crippen molar-refractivity contribution in [2.45, 2.75) is 38.7 Å². The Hall–Kier alpha value is -4.97. The molecule has 4 aromatic rings. The van der Waals surface area contributed by atoms with Gasteiger partial charge in [-0.2, -0.15) is 15.0 Å². The SMILES string of the molecule is Cc1ccc(NC(=O)C2CN(c3nc(NCCCC(=O)O)nc(NCCCc4ccc(F)cc4)n3)c3ccccc3O2)cc1Cl. The summed E-state index contributed by atoms with van der Waals surface area (Å²) in [7, 11) is 0. The number of hydrogen-bond acceptors (Lipinski definition) is 9. The van der Waals surface area contributed by atoms with Crippen LogP contribution in [0.25, 0.3) is 0 Å². The largest absolute Gasteiger partial charge is 0.481 e. The number of anilines is 5. The Morgan fingerprint density at radius 2 is 1.71 bits per heavy atom. The summed E-state index contributed by atoms with van der Waals surface area (Å²) >= 11 is 6.26. The van der Waals surface area contributed by atoms with E-state index in [-0.39, 0.29) is 36.6 Å². The first-order valence-corrected chi connectivity index (χ1v) is 14.9. The van der Waals surface area contributed by atoms with Gasteiger partial charge < -0.3 is 30.7 Å². The first kappa shape index (κ1) is 31.5. The van der Waals surface area contributed by atoms with Gasteiger partial charge in [0, 0.05) is 30.2 Å². The number of amides is 1. The predicted octanol–water partition coefficient (Wildman–Crippen LogP) is 5.83. The number of hydrogen-bond donors (Lipinski definition) is 4. The van der Waals surface area contributed by atoms with Crippen molar-refractivity contribution in [3.8, 4) is 5.75 Å². The molecule has 45 heavy (non-hydrogen) atoms. The van der Waals surface area contributed by atoms with E-state index in [1.165, 1.54) is 12.1 Å². The van der Waals surface area contributed by atoms with E-state index in [9.17, 15) is 14.0 Å². The number of carboxylic acid groups (broad SMARTS) is 1. The number of benzene rings is 3. The molecule has 0 fully saturated rings. The summed E-state index contributed by atoms with van der Waals surface area (Å²) in [5.41, 5.74) is 3.12. The number of carboxylic acids is 1. The van der Waals surface area contributed by atoms with Gasteiger partial charge in [0.05, 0.1) is 12.2 Å². The molecule has 2 heterocycles. The maximum atomic E-state index is 13.4. The van der Waals surface area contributed by atoms with Gasteiger partial charge in [0.25, 0.3) is 5.91 Å². The molecule has 11 nitrogen and oxygen atoms in total. The summed E-state index contributed by atoms with van der Waals surface area (Å²) < 4.78 is 19.3. The highest BCUT2D eigenvalue weighted by Gasteiger charge is 2.33. The molecule has 0 saturated carbocycles. The van der Waals surface area contributed by atoms with Crippen LogP contribution in [0.3, 0.4) is 0 Å². The maximum absolute atomic E-state index is 13.4. The van der Waals surface area contributed by atoms with Gasteiger partial charge in [-0.15, -0.1) is 0 Å². The van der Waals surface area contributed by atoms with Gasteiger partial charge in [0.1, 0.15) is 11.6 Å². The van der Waals surface area contributed by atoms with E-state index >= 15 is 0 Å². The lowest BCUT2D eigenvalue weighted by Gasteiger charge is -2.34. The molecule has 0 bridgehead atoms. The molecule has 1 aliphatic rings. The lowest BCUT2D eigenvalue weighted by atomic mass is 10.1. The maximum Gasteiger partial charge on any atom is 0.303 e. The Balaban J connectivity index is 1.36. The Bertz CT molecular complexity index is 1660. The second kappa shape index (κ2) is 14.7. The van der Waals surface area contributed by atoms with E-state index in [4.69, 9.17) is 21.4 Å². The van der Waals surface area contributed by atoms with Gasteiger partial charge in [-0.3, -0.25) is 9.59 Å². The van der Waals surface area contributed by atoms with Gasteiger partial charge in [-0.25, -0.2) is 4.39 Å². The second-order valence-electron chi connectivity index (χ2n) is 10.5. The van der Waals surface area contributed by atoms with E-state index < -0.39 is 12.1 Å². The van der Waals surface area contributed by atoms with Gasteiger partial charge in [-0.05, 0) is 73.7 Å². The molecule has 5 rings (SSSR count). The fourth-order valence-electron chi connectivity index (χ4n) is 4.68. The van der Waals surface area contributed by atoms with E-state index in [1.807, 2.05) is 31.2 Å². The van der Waals surface area contributed by atoms with Crippen LogP contribution in [0.1, 0.15) is 30.4 Å². The lowest BCUT2D eigenvalue weighted by molar-refractivity contribution is -0.137. The number of aliphatic carboxylic acids is 1. The second-order valence-corrected chi connectivity index (χ2v) is 10.9. The molecule has 0 aliphatic carbocycles. The fourth-order valence-corrected chi connectivity index (χ4v) is 4.86. The van der Waals surface area contributed by atoms with Gasteiger partial charge in [0.2, 0.25) is 17.8 Å². The monoisotopic (exact) mass is 633 g/mol. The smallest absolute Gasteiger partial charge is 0.303 e. The number of nitrogens with zero attached hydrogens (tertiary/aromatic N) is 4. The van der Waals surface area contributed by atoms with E-state index in [1.54, 1.807) is 35.2 Å². The normalized spacial score (nSPS) is 13.8. The van der Waals surface area contributed by atoms with Crippen molar-refractivity contribution in [1.82, 2.24) is 15.0 Å². The molecule has 1 aromatic heterocycles. The summed E-state index contributed by atoms with van der Waals surface area (Å²) in [6, 6.07) is 19.0. The summed E-state index contributed by atoms with van der Waals surface area (Å²) in [4.78, 5) is 39.9. The van der Waals surface area contributed by atoms with E-state index in [0.29, 0.717) is 47.6 Å². The molecule has 0 radical (unpaired) electrons. The molecule has 1 unspecified atom stereocenters. The van der Waals surface area contributed by atoms with Crippen LogP contribution < -0.4 is 25.6 Å². The minimum Gasteiger partial charge on any atom is -0.481 e. The number of carbonyl (C=O) groups is 2. The van der Waals surface area contributed by atoms with Crippen LogP contribution in [0.5, 0.6) is 5.75 Å². The van der Waals surface area contributed by atoms with Crippen LogP contribution in [0, 0.1) is 12.7 Å². The van der Waals surface area contributed by atoms with Gasteiger partial charge in [-0.1, -0.05) is 41.9 Å².